The van der Waals surface area contributed by atoms with E-state index in [0.717, 1.165) is 29.0 Å². The molecule has 4 rings (SSSR count). The lowest BCUT2D eigenvalue weighted by Crippen LogP contribution is -2.38. The van der Waals surface area contributed by atoms with Gasteiger partial charge in [-0.3, -0.25) is 9.48 Å². The number of nitrogens with zero attached hydrogens (tertiary/aromatic N) is 3. The molecule has 1 amide bonds. The Kier molecular flexibility index (Phi) is 4.21. The van der Waals surface area contributed by atoms with E-state index in [1.54, 1.807) is 0 Å². The van der Waals surface area contributed by atoms with Gasteiger partial charge in [-0.15, -0.1) is 0 Å². The van der Waals surface area contributed by atoms with Crippen LogP contribution in [0, 0.1) is 12.8 Å². The molecule has 1 aromatic heterocycles. The third-order valence-corrected chi connectivity index (χ3v) is 5.25. The molecule has 2 atom stereocenters. The van der Waals surface area contributed by atoms with Crippen molar-refractivity contribution in [2.75, 3.05) is 19.8 Å². The van der Waals surface area contributed by atoms with Crippen molar-refractivity contribution in [3.05, 3.63) is 47.3 Å². The molecule has 0 saturated carbocycles. The second kappa shape index (κ2) is 6.52. The SMILES string of the molecule is Cc1c([C@H]2OCC[C@@H]2C(=O)N2CCOc3ccccc3C2)cnn1C. The Balaban J connectivity index is 1.56. The van der Waals surface area contributed by atoms with Gasteiger partial charge in [-0.2, -0.15) is 5.10 Å². The highest BCUT2D eigenvalue weighted by atomic mass is 16.5. The molecule has 0 bridgehead atoms. The minimum absolute atomic E-state index is 0.144. The van der Waals surface area contributed by atoms with Gasteiger partial charge in [0.05, 0.1) is 24.8 Å². The molecule has 0 N–H and O–H groups in total. The number of carbonyl (C=O) groups is 1. The quantitative estimate of drug-likeness (QED) is 0.840. The smallest absolute Gasteiger partial charge is 0.229 e. The van der Waals surface area contributed by atoms with Crippen LogP contribution in [0.4, 0.5) is 0 Å². The first kappa shape index (κ1) is 16.1. The van der Waals surface area contributed by atoms with Crippen LogP contribution in [0.3, 0.4) is 0 Å². The molecule has 2 aromatic rings. The van der Waals surface area contributed by atoms with Gasteiger partial charge in [0.1, 0.15) is 12.4 Å². The van der Waals surface area contributed by atoms with Crippen molar-refractivity contribution in [1.29, 1.82) is 0 Å². The predicted octanol–water partition coefficient (Wildman–Crippen LogP) is 2.23. The maximum absolute atomic E-state index is 13.2. The average Bonchev–Trinajstić information content (AvgIpc) is 3.15. The summed E-state index contributed by atoms with van der Waals surface area (Å²) >= 11 is 0. The third-order valence-electron chi connectivity index (χ3n) is 5.25. The Bertz CT molecular complexity index is 786. The molecule has 3 heterocycles. The second-order valence-corrected chi connectivity index (χ2v) is 6.71. The van der Waals surface area contributed by atoms with Crippen molar-refractivity contribution >= 4 is 5.91 Å². The minimum atomic E-state index is -0.208. The number of fused-ring (bicyclic) bond motifs is 1. The molecule has 2 aliphatic heterocycles. The lowest BCUT2D eigenvalue weighted by Gasteiger charge is -2.26. The van der Waals surface area contributed by atoms with Crippen LogP contribution in [0.2, 0.25) is 0 Å². The van der Waals surface area contributed by atoms with Crippen molar-refractivity contribution < 1.29 is 14.3 Å². The summed E-state index contributed by atoms with van der Waals surface area (Å²) in [6, 6.07) is 7.93. The van der Waals surface area contributed by atoms with Crippen molar-refractivity contribution in [2.45, 2.75) is 26.0 Å². The Labute approximate surface area is 147 Å². The Morgan fingerprint density at radius 3 is 2.92 bits per heavy atom. The van der Waals surface area contributed by atoms with E-state index < -0.39 is 0 Å². The fourth-order valence-electron chi connectivity index (χ4n) is 3.69. The molecule has 0 spiro atoms. The Morgan fingerprint density at radius 1 is 1.28 bits per heavy atom. The zero-order chi connectivity index (χ0) is 17.4. The standard InChI is InChI=1S/C19H23N3O3/c1-13-16(11-20-21(13)2)18-15(7-9-25-18)19(23)22-8-10-24-17-6-4-3-5-14(17)12-22/h3-6,11,15,18H,7-10,12H2,1-2H3/t15-,18-/m0/s1. The summed E-state index contributed by atoms with van der Waals surface area (Å²) in [5.74, 6) is 0.861. The molecule has 1 aromatic carbocycles. The number of para-hydroxylation sites is 1. The average molecular weight is 341 g/mol. The van der Waals surface area contributed by atoms with Gasteiger partial charge in [0, 0.05) is 37.0 Å². The van der Waals surface area contributed by atoms with Crippen LogP contribution in [0.1, 0.15) is 29.3 Å². The number of aromatic nitrogens is 2. The van der Waals surface area contributed by atoms with E-state index in [1.807, 2.05) is 54.0 Å². The van der Waals surface area contributed by atoms with Gasteiger partial charge >= 0.3 is 0 Å². The van der Waals surface area contributed by atoms with Gasteiger partial charge in [0.15, 0.2) is 0 Å². The molecule has 0 unspecified atom stereocenters. The van der Waals surface area contributed by atoms with Gasteiger partial charge in [-0.1, -0.05) is 18.2 Å². The van der Waals surface area contributed by atoms with Crippen molar-refractivity contribution in [3.8, 4) is 5.75 Å². The number of benzene rings is 1. The summed E-state index contributed by atoms with van der Waals surface area (Å²) in [5.41, 5.74) is 3.13. The molecule has 25 heavy (non-hydrogen) atoms. The van der Waals surface area contributed by atoms with Crippen LogP contribution in [0.15, 0.2) is 30.5 Å². The Morgan fingerprint density at radius 2 is 2.12 bits per heavy atom. The first-order valence-electron chi connectivity index (χ1n) is 8.74. The highest BCUT2D eigenvalue weighted by molar-refractivity contribution is 5.80. The number of carbonyl (C=O) groups excluding carboxylic acids is 1. The number of hydrogen-bond donors (Lipinski definition) is 0. The maximum Gasteiger partial charge on any atom is 0.229 e. The number of aryl methyl sites for hydroxylation is 1. The molecule has 132 valence electrons. The minimum Gasteiger partial charge on any atom is -0.491 e. The van der Waals surface area contributed by atoms with Gasteiger partial charge in [0.25, 0.3) is 0 Å². The monoisotopic (exact) mass is 341 g/mol. The predicted molar refractivity (Wildman–Crippen MR) is 92.1 cm³/mol. The van der Waals surface area contributed by atoms with Gasteiger partial charge in [0.2, 0.25) is 5.91 Å². The summed E-state index contributed by atoms with van der Waals surface area (Å²) in [6.07, 6.45) is 2.36. The molecular weight excluding hydrogens is 318 g/mol. The highest BCUT2D eigenvalue weighted by Crippen LogP contribution is 2.37. The Hall–Kier alpha value is -2.34. The second-order valence-electron chi connectivity index (χ2n) is 6.71. The van der Waals surface area contributed by atoms with Crippen molar-refractivity contribution in [1.82, 2.24) is 14.7 Å². The molecule has 0 radical (unpaired) electrons. The summed E-state index contributed by atoms with van der Waals surface area (Å²) in [6.45, 7) is 4.33. The third kappa shape index (κ3) is 2.91. The normalized spacial score (nSPS) is 23.0. The van der Waals surface area contributed by atoms with Crippen LogP contribution in [-0.4, -0.2) is 40.3 Å². The highest BCUT2D eigenvalue weighted by Gasteiger charge is 2.39. The number of hydrogen-bond acceptors (Lipinski definition) is 4. The van der Waals surface area contributed by atoms with E-state index in [9.17, 15) is 4.79 Å². The molecule has 2 aliphatic rings. The topological polar surface area (TPSA) is 56.6 Å². The van der Waals surface area contributed by atoms with E-state index >= 15 is 0 Å². The van der Waals surface area contributed by atoms with Crippen LogP contribution < -0.4 is 4.74 Å². The zero-order valence-corrected chi connectivity index (χ0v) is 14.6. The lowest BCUT2D eigenvalue weighted by atomic mass is 9.94. The molecule has 6 heteroatoms. The van der Waals surface area contributed by atoms with E-state index in [1.165, 1.54) is 0 Å². The number of amides is 1. The molecular formula is C19H23N3O3. The fourth-order valence-corrected chi connectivity index (χ4v) is 3.69. The molecule has 0 aliphatic carbocycles. The summed E-state index contributed by atoms with van der Waals surface area (Å²) < 4.78 is 13.5. The van der Waals surface area contributed by atoms with Gasteiger partial charge in [-0.05, 0) is 19.4 Å². The van der Waals surface area contributed by atoms with Crippen LogP contribution >= 0.6 is 0 Å². The van der Waals surface area contributed by atoms with Gasteiger partial charge in [-0.25, -0.2) is 0 Å². The first-order valence-corrected chi connectivity index (χ1v) is 8.74. The summed E-state index contributed by atoms with van der Waals surface area (Å²) in [7, 11) is 1.91. The fraction of sp³-hybridized carbons (Fsp3) is 0.474. The van der Waals surface area contributed by atoms with E-state index in [2.05, 4.69) is 5.10 Å². The molecule has 1 fully saturated rings. The summed E-state index contributed by atoms with van der Waals surface area (Å²) in [4.78, 5) is 15.1. The van der Waals surface area contributed by atoms with Crippen LogP contribution in [-0.2, 0) is 23.1 Å². The molecule has 1 saturated heterocycles. The zero-order valence-electron chi connectivity index (χ0n) is 14.6. The van der Waals surface area contributed by atoms with E-state index in [-0.39, 0.29) is 17.9 Å². The van der Waals surface area contributed by atoms with E-state index in [0.29, 0.717) is 26.3 Å². The summed E-state index contributed by atoms with van der Waals surface area (Å²) in [5, 5.41) is 4.30. The van der Waals surface area contributed by atoms with Crippen LogP contribution in [0.5, 0.6) is 5.75 Å². The van der Waals surface area contributed by atoms with Gasteiger partial charge < -0.3 is 14.4 Å². The maximum atomic E-state index is 13.2. The van der Waals surface area contributed by atoms with Crippen LogP contribution in [0.25, 0.3) is 0 Å². The first-order chi connectivity index (χ1) is 12.1. The lowest BCUT2D eigenvalue weighted by molar-refractivity contribution is -0.138. The van der Waals surface area contributed by atoms with Crippen molar-refractivity contribution in [2.24, 2.45) is 13.0 Å². The van der Waals surface area contributed by atoms with E-state index in [4.69, 9.17) is 9.47 Å². The molecule has 6 nitrogen and oxygen atoms in total. The van der Waals surface area contributed by atoms with Crippen molar-refractivity contribution in [3.63, 3.8) is 0 Å². The number of rotatable bonds is 2. The number of ether oxygens (including phenoxy) is 2. The largest absolute Gasteiger partial charge is 0.491 e.